The molecule has 19 heavy (non-hydrogen) atoms. The molecule has 3 heteroatoms. The third kappa shape index (κ3) is 3.58. The van der Waals surface area contributed by atoms with Crippen molar-refractivity contribution in [3.63, 3.8) is 0 Å². The summed E-state index contributed by atoms with van der Waals surface area (Å²) in [4.78, 5) is 26.4. The van der Waals surface area contributed by atoms with E-state index in [2.05, 4.69) is 4.90 Å². The van der Waals surface area contributed by atoms with Crippen molar-refractivity contribution in [3.8, 4) is 0 Å². The highest BCUT2D eigenvalue weighted by Crippen LogP contribution is 2.32. The molecule has 0 aromatic rings. The maximum Gasteiger partial charge on any atom is 0.225 e. The number of hydrogen-bond donors (Lipinski definition) is 0. The molecule has 1 aliphatic heterocycles. The van der Waals surface area contributed by atoms with Crippen LogP contribution in [0.4, 0.5) is 0 Å². The van der Waals surface area contributed by atoms with Crippen molar-refractivity contribution in [2.24, 2.45) is 17.8 Å². The van der Waals surface area contributed by atoms with Gasteiger partial charge in [-0.05, 0) is 44.9 Å². The van der Waals surface area contributed by atoms with E-state index in [1.165, 1.54) is 6.42 Å². The molecule has 0 unspecified atom stereocenters. The summed E-state index contributed by atoms with van der Waals surface area (Å²) in [7, 11) is 0. The number of likely N-dealkylation sites (tertiary alicyclic amines) is 1. The number of carbonyl (C=O) groups is 2. The van der Waals surface area contributed by atoms with E-state index in [-0.39, 0.29) is 17.8 Å². The number of carbonyl (C=O) groups excluding carboxylic acids is 2. The van der Waals surface area contributed by atoms with E-state index in [0.29, 0.717) is 11.7 Å². The van der Waals surface area contributed by atoms with Gasteiger partial charge in [0.05, 0.1) is 0 Å². The average Bonchev–Trinajstić information content (AvgIpc) is 2.46. The number of piperidine rings is 1. The van der Waals surface area contributed by atoms with Gasteiger partial charge in [0.25, 0.3) is 0 Å². The zero-order valence-electron chi connectivity index (χ0n) is 12.4. The van der Waals surface area contributed by atoms with Gasteiger partial charge in [-0.15, -0.1) is 0 Å². The number of nitrogens with zero attached hydrogens (tertiary/aromatic N) is 1. The maximum atomic E-state index is 12.4. The van der Waals surface area contributed by atoms with Crippen molar-refractivity contribution in [1.29, 1.82) is 0 Å². The van der Waals surface area contributed by atoms with E-state index in [4.69, 9.17) is 0 Å². The van der Waals surface area contributed by atoms with Gasteiger partial charge in [0.1, 0.15) is 5.78 Å². The van der Waals surface area contributed by atoms with E-state index in [1.54, 1.807) is 0 Å². The number of rotatable bonds is 3. The number of ketones is 1. The topological polar surface area (TPSA) is 37.4 Å². The molecule has 0 aromatic carbocycles. The van der Waals surface area contributed by atoms with Crippen molar-refractivity contribution < 1.29 is 9.59 Å². The van der Waals surface area contributed by atoms with Crippen LogP contribution < -0.4 is 0 Å². The minimum atomic E-state index is 0.138. The zero-order chi connectivity index (χ0) is 13.8. The first-order valence-electron chi connectivity index (χ1n) is 7.92. The first kappa shape index (κ1) is 14.5. The van der Waals surface area contributed by atoms with Gasteiger partial charge in [-0.3, -0.25) is 9.59 Å². The van der Waals surface area contributed by atoms with Crippen LogP contribution in [0.5, 0.6) is 0 Å². The van der Waals surface area contributed by atoms with Crippen LogP contribution in [-0.2, 0) is 9.59 Å². The molecule has 0 atom stereocenters. The lowest BCUT2D eigenvalue weighted by molar-refractivity contribution is -0.139. The Morgan fingerprint density at radius 2 is 1.42 bits per heavy atom. The molecular formula is C16H27NO2. The predicted molar refractivity (Wildman–Crippen MR) is 75.7 cm³/mol. The molecule has 2 fully saturated rings. The van der Waals surface area contributed by atoms with Crippen LogP contribution in [0.1, 0.15) is 58.8 Å². The van der Waals surface area contributed by atoms with Gasteiger partial charge in [0.15, 0.2) is 0 Å². The minimum absolute atomic E-state index is 0.138. The smallest absolute Gasteiger partial charge is 0.225 e. The number of Topliss-reactive ketones (excluding diaryl/α,β-unsaturated/α-hetero) is 1. The second-order valence-corrected chi connectivity index (χ2v) is 6.49. The summed E-state index contributed by atoms with van der Waals surface area (Å²) in [6.45, 7) is 5.86. The number of amides is 1. The summed E-state index contributed by atoms with van der Waals surface area (Å²) in [5.74, 6) is 1.29. The van der Waals surface area contributed by atoms with Crippen molar-refractivity contribution in [2.45, 2.75) is 58.8 Å². The third-order valence-corrected chi connectivity index (χ3v) is 4.72. The Hall–Kier alpha value is -0.860. The lowest BCUT2D eigenvalue weighted by atomic mass is 9.77. The molecule has 0 aromatic heterocycles. The first-order valence-corrected chi connectivity index (χ1v) is 7.92. The first-order chi connectivity index (χ1) is 9.09. The van der Waals surface area contributed by atoms with E-state index < -0.39 is 0 Å². The zero-order valence-corrected chi connectivity index (χ0v) is 12.4. The Balaban J connectivity index is 1.82. The SMILES string of the molecule is CC(C)C(=O)C1CCC(C(=O)N2CCCCC2)CC1. The van der Waals surface area contributed by atoms with Gasteiger partial charge in [-0.25, -0.2) is 0 Å². The summed E-state index contributed by atoms with van der Waals surface area (Å²) in [5.41, 5.74) is 0. The molecule has 108 valence electrons. The van der Waals surface area contributed by atoms with Crippen molar-refractivity contribution >= 4 is 11.7 Å². The summed E-state index contributed by atoms with van der Waals surface area (Å²) in [6, 6.07) is 0. The highest BCUT2D eigenvalue weighted by Gasteiger charge is 2.32. The van der Waals surface area contributed by atoms with E-state index >= 15 is 0 Å². The van der Waals surface area contributed by atoms with Crippen molar-refractivity contribution in [3.05, 3.63) is 0 Å². The van der Waals surface area contributed by atoms with Crippen molar-refractivity contribution in [2.75, 3.05) is 13.1 Å². The van der Waals surface area contributed by atoms with Gasteiger partial charge in [-0.1, -0.05) is 13.8 Å². The van der Waals surface area contributed by atoms with Gasteiger partial charge in [-0.2, -0.15) is 0 Å². The Morgan fingerprint density at radius 3 is 1.95 bits per heavy atom. The van der Waals surface area contributed by atoms with Crippen LogP contribution in [0.2, 0.25) is 0 Å². The fourth-order valence-electron chi connectivity index (χ4n) is 3.47. The molecule has 0 bridgehead atoms. The molecule has 1 amide bonds. The highest BCUT2D eigenvalue weighted by atomic mass is 16.2. The van der Waals surface area contributed by atoms with Crippen LogP contribution in [-0.4, -0.2) is 29.7 Å². The molecule has 0 N–H and O–H groups in total. The average molecular weight is 265 g/mol. The van der Waals surface area contributed by atoms with Crippen LogP contribution in [0.15, 0.2) is 0 Å². The Morgan fingerprint density at radius 1 is 0.895 bits per heavy atom. The van der Waals surface area contributed by atoms with E-state index in [1.807, 2.05) is 13.8 Å². The highest BCUT2D eigenvalue weighted by molar-refractivity contribution is 5.83. The second kappa shape index (κ2) is 6.53. The van der Waals surface area contributed by atoms with Gasteiger partial charge >= 0.3 is 0 Å². The molecule has 0 spiro atoms. The normalized spacial score (nSPS) is 28.5. The fourth-order valence-corrected chi connectivity index (χ4v) is 3.47. The summed E-state index contributed by atoms with van der Waals surface area (Å²) in [5, 5.41) is 0. The molecule has 2 rings (SSSR count). The summed E-state index contributed by atoms with van der Waals surface area (Å²) >= 11 is 0. The Kier molecular flexibility index (Phi) is 5.00. The van der Waals surface area contributed by atoms with Crippen LogP contribution in [0.3, 0.4) is 0 Å². The molecule has 0 radical (unpaired) electrons. The fraction of sp³-hybridized carbons (Fsp3) is 0.875. The second-order valence-electron chi connectivity index (χ2n) is 6.49. The lowest BCUT2D eigenvalue weighted by Crippen LogP contribution is -2.41. The van der Waals surface area contributed by atoms with Crippen LogP contribution >= 0.6 is 0 Å². The Bertz CT molecular complexity index is 324. The van der Waals surface area contributed by atoms with Crippen LogP contribution in [0, 0.1) is 17.8 Å². The molecule has 1 aliphatic carbocycles. The van der Waals surface area contributed by atoms with Crippen LogP contribution in [0.25, 0.3) is 0 Å². The van der Waals surface area contributed by atoms with Gasteiger partial charge in [0.2, 0.25) is 5.91 Å². The molecule has 2 aliphatic rings. The lowest BCUT2D eigenvalue weighted by Gasteiger charge is -2.34. The van der Waals surface area contributed by atoms with E-state index in [0.717, 1.165) is 51.6 Å². The number of hydrogen-bond acceptors (Lipinski definition) is 2. The molecule has 1 saturated heterocycles. The molecular weight excluding hydrogens is 238 g/mol. The molecule has 1 heterocycles. The predicted octanol–water partition coefficient (Wildman–Crippen LogP) is 3.03. The van der Waals surface area contributed by atoms with Gasteiger partial charge in [0, 0.05) is 30.8 Å². The summed E-state index contributed by atoms with van der Waals surface area (Å²) in [6.07, 6.45) is 7.25. The molecule has 3 nitrogen and oxygen atoms in total. The minimum Gasteiger partial charge on any atom is -0.342 e. The van der Waals surface area contributed by atoms with Crippen molar-refractivity contribution in [1.82, 2.24) is 4.90 Å². The summed E-state index contributed by atoms with van der Waals surface area (Å²) < 4.78 is 0. The largest absolute Gasteiger partial charge is 0.342 e. The van der Waals surface area contributed by atoms with Gasteiger partial charge < -0.3 is 4.90 Å². The standard InChI is InChI=1S/C16H27NO2/c1-12(2)15(18)13-6-8-14(9-7-13)16(19)17-10-4-3-5-11-17/h12-14H,3-11H2,1-2H3. The monoisotopic (exact) mass is 265 g/mol. The molecule has 1 saturated carbocycles. The third-order valence-electron chi connectivity index (χ3n) is 4.72. The Labute approximate surface area is 116 Å². The van der Waals surface area contributed by atoms with E-state index in [9.17, 15) is 9.59 Å². The maximum absolute atomic E-state index is 12.4. The quantitative estimate of drug-likeness (QED) is 0.786.